The molecule has 0 bridgehead atoms. The number of hydrogen-bond acceptors (Lipinski definition) is 3. The summed E-state index contributed by atoms with van der Waals surface area (Å²) in [5.41, 5.74) is 2.13. The zero-order chi connectivity index (χ0) is 13.5. The van der Waals surface area contributed by atoms with Crippen LogP contribution in [-0.4, -0.2) is 33.7 Å². The molecule has 1 heterocycles. The average molecular weight is 266 g/mol. The van der Waals surface area contributed by atoms with E-state index in [9.17, 15) is 4.79 Å². The number of rotatable bonds is 7. The fourth-order valence-corrected chi connectivity index (χ4v) is 2.19. The van der Waals surface area contributed by atoms with E-state index in [1.807, 2.05) is 18.5 Å². The Labute approximate surface area is 112 Å². The van der Waals surface area contributed by atoms with Crippen molar-refractivity contribution >= 4 is 17.7 Å². The van der Waals surface area contributed by atoms with Gasteiger partial charge in [0.05, 0.1) is 11.3 Å². The molecule has 0 saturated carbocycles. The second-order valence-electron chi connectivity index (χ2n) is 3.93. The first-order chi connectivity index (χ1) is 8.57. The van der Waals surface area contributed by atoms with E-state index in [-0.39, 0.29) is 0 Å². The summed E-state index contributed by atoms with van der Waals surface area (Å²) in [5.74, 6) is 3.39. The van der Waals surface area contributed by atoms with Crippen LogP contribution in [-0.2, 0) is 13.6 Å². The van der Waals surface area contributed by atoms with E-state index in [1.54, 1.807) is 17.8 Å². The second-order valence-corrected chi connectivity index (χ2v) is 5.04. The topological polar surface area (TPSA) is 54.3 Å². The van der Waals surface area contributed by atoms with Gasteiger partial charge in [-0.2, -0.15) is 0 Å². The molecule has 1 aromatic rings. The number of hydrogen-bond donors (Lipinski definition) is 2. The summed E-state index contributed by atoms with van der Waals surface area (Å²) in [6, 6.07) is 1.72. The van der Waals surface area contributed by atoms with Crippen LogP contribution in [0.4, 0.5) is 0 Å². The van der Waals surface area contributed by atoms with Gasteiger partial charge in [0.2, 0.25) is 0 Å². The third-order valence-corrected chi connectivity index (χ3v) is 3.64. The fraction of sp³-hybridized carbons (Fsp3) is 0.462. The van der Waals surface area contributed by atoms with E-state index in [0.29, 0.717) is 12.1 Å². The van der Waals surface area contributed by atoms with Crippen molar-refractivity contribution in [2.75, 3.05) is 18.1 Å². The number of aromatic nitrogens is 1. The van der Waals surface area contributed by atoms with E-state index in [4.69, 9.17) is 11.5 Å². The molecule has 0 atom stereocenters. The van der Waals surface area contributed by atoms with Gasteiger partial charge in [-0.3, -0.25) is 0 Å². The van der Waals surface area contributed by atoms with Gasteiger partial charge in [0.1, 0.15) is 0 Å². The van der Waals surface area contributed by atoms with E-state index >= 15 is 0 Å². The quantitative estimate of drug-likeness (QED) is 0.580. The summed E-state index contributed by atoms with van der Waals surface area (Å²) in [7, 11) is 1.88. The first-order valence-corrected chi connectivity index (χ1v) is 6.83. The van der Waals surface area contributed by atoms with Gasteiger partial charge in [0, 0.05) is 37.3 Å². The van der Waals surface area contributed by atoms with E-state index in [2.05, 4.69) is 11.2 Å². The van der Waals surface area contributed by atoms with Gasteiger partial charge >= 0.3 is 5.97 Å². The number of carboxylic acids is 1. The maximum atomic E-state index is 11.0. The minimum Gasteiger partial charge on any atom is -0.478 e. The van der Waals surface area contributed by atoms with Gasteiger partial charge in [0.15, 0.2) is 0 Å². The molecule has 0 radical (unpaired) electrons. The minimum absolute atomic E-state index is 0.371. The lowest BCUT2D eigenvalue weighted by Crippen LogP contribution is -2.18. The lowest BCUT2D eigenvalue weighted by Gasteiger charge is -2.06. The zero-order valence-electron chi connectivity index (χ0n) is 10.7. The Morgan fingerprint density at radius 3 is 2.94 bits per heavy atom. The van der Waals surface area contributed by atoms with E-state index < -0.39 is 5.97 Å². The smallest absolute Gasteiger partial charge is 0.337 e. The molecule has 0 aromatic carbocycles. The van der Waals surface area contributed by atoms with Crippen LogP contribution < -0.4 is 5.32 Å². The van der Waals surface area contributed by atoms with Crippen molar-refractivity contribution in [3.05, 3.63) is 23.0 Å². The molecule has 5 heteroatoms. The molecular formula is C13H18N2O2S. The van der Waals surface area contributed by atoms with Crippen molar-refractivity contribution in [1.82, 2.24) is 9.88 Å². The maximum Gasteiger partial charge on any atom is 0.337 e. The minimum atomic E-state index is -0.876. The Balaban J connectivity index is 2.46. The lowest BCUT2D eigenvalue weighted by atomic mass is 10.2. The standard InChI is InChI=1S/C13H18N2O2S/c1-4-6-18-7-5-14-9-11-8-12(13(16)17)10(2)15(11)3/h1,8,14H,5-7,9H2,2-3H3,(H,16,17). The SMILES string of the molecule is C#CCSCCNCc1cc(C(=O)O)c(C)n1C. The first-order valence-electron chi connectivity index (χ1n) is 5.68. The molecule has 0 spiro atoms. The van der Waals surface area contributed by atoms with Crippen LogP contribution in [0.5, 0.6) is 0 Å². The van der Waals surface area contributed by atoms with Crippen LogP contribution in [0, 0.1) is 19.3 Å². The van der Waals surface area contributed by atoms with Crippen LogP contribution >= 0.6 is 11.8 Å². The van der Waals surface area contributed by atoms with Crippen LogP contribution in [0.25, 0.3) is 0 Å². The molecule has 1 aromatic heterocycles. The summed E-state index contributed by atoms with van der Waals surface area (Å²) >= 11 is 1.71. The third kappa shape index (κ3) is 3.83. The summed E-state index contributed by atoms with van der Waals surface area (Å²) in [4.78, 5) is 11.0. The Morgan fingerprint density at radius 2 is 2.39 bits per heavy atom. The Kier molecular flexibility index (Phi) is 5.83. The molecule has 0 amide bonds. The van der Waals surface area contributed by atoms with Crippen LogP contribution in [0.1, 0.15) is 21.7 Å². The summed E-state index contributed by atoms with van der Waals surface area (Å²) in [5, 5.41) is 12.3. The highest BCUT2D eigenvalue weighted by molar-refractivity contribution is 7.99. The van der Waals surface area contributed by atoms with Crippen molar-refractivity contribution in [2.45, 2.75) is 13.5 Å². The highest BCUT2D eigenvalue weighted by atomic mass is 32.2. The molecule has 0 aliphatic carbocycles. The number of nitrogens with one attached hydrogen (secondary N) is 1. The second kappa shape index (κ2) is 7.14. The van der Waals surface area contributed by atoms with Crippen LogP contribution in [0.3, 0.4) is 0 Å². The largest absolute Gasteiger partial charge is 0.478 e. The summed E-state index contributed by atoms with van der Waals surface area (Å²) in [6.45, 7) is 3.34. The molecular weight excluding hydrogens is 248 g/mol. The van der Waals surface area contributed by atoms with E-state index in [1.165, 1.54) is 0 Å². The molecule has 18 heavy (non-hydrogen) atoms. The molecule has 0 aliphatic heterocycles. The van der Waals surface area contributed by atoms with Crippen molar-refractivity contribution < 1.29 is 9.90 Å². The number of carboxylic acid groups (broad SMARTS) is 1. The summed E-state index contributed by atoms with van der Waals surface area (Å²) in [6.07, 6.45) is 5.15. The third-order valence-electron chi connectivity index (χ3n) is 2.78. The van der Waals surface area contributed by atoms with Gasteiger partial charge in [-0.05, 0) is 13.0 Å². The number of nitrogens with zero attached hydrogens (tertiary/aromatic N) is 1. The predicted octanol–water partition coefficient (Wildman–Crippen LogP) is 1.49. The molecule has 1 rings (SSSR count). The Morgan fingerprint density at radius 1 is 1.67 bits per heavy atom. The van der Waals surface area contributed by atoms with Crippen LogP contribution in [0.15, 0.2) is 6.07 Å². The first kappa shape index (κ1) is 14.7. The van der Waals surface area contributed by atoms with Crippen molar-refractivity contribution in [3.63, 3.8) is 0 Å². The maximum absolute atomic E-state index is 11.0. The molecule has 0 fully saturated rings. The van der Waals surface area contributed by atoms with Crippen LogP contribution in [0.2, 0.25) is 0 Å². The molecule has 2 N–H and O–H groups in total. The molecule has 98 valence electrons. The molecule has 0 saturated heterocycles. The van der Waals surface area contributed by atoms with E-state index in [0.717, 1.165) is 29.4 Å². The number of carbonyl (C=O) groups is 1. The number of aromatic carboxylic acids is 1. The fourth-order valence-electron chi connectivity index (χ4n) is 1.64. The Hall–Kier alpha value is -1.38. The van der Waals surface area contributed by atoms with Crippen molar-refractivity contribution in [2.24, 2.45) is 7.05 Å². The normalized spacial score (nSPS) is 10.3. The predicted molar refractivity (Wildman–Crippen MR) is 75.0 cm³/mol. The monoisotopic (exact) mass is 266 g/mol. The van der Waals surface area contributed by atoms with Gasteiger partial charge in [0.25, 0.3) is 0 Å². The van der Waals surface area contributed by atoms with Gasteiger partial charge in [-0.1, -0.05) is 5.92 Å². The lowest BCUT2D eigenvalue weighted by molar-refractivity contribution is 0.0696. The van der Waals surface area contributed by atoms with Crippen molar-refractivity contribution in [3.8, 4) is 12.3 Å². The molecule has 4 nitrogen and oxygen atoms in total. The highest BCUT2D eigenvalue weighted by Gasteiger charge is 2.13. The number of thioether (sulfide) groups is 1. The highest BCUT2D eigenvalue weighted by Crippen LogP contribution is 2.13. The average Bonchev–Trinajstić information content (AvgIpc) is 2.62. The molecule has 0 aliphatic rings. The van der Waals surface area contributed by atoms with Gasteiger partial charge < -0.3 is 15.0 Å². The van der Waals surface area contributed by atoms with Gasteiger partial charge in [-0.15, -0.1) is 18.2 Å². The Bertz CT molecular complexity index is 460. The molecule has 0 unspecified atom stereocenters. The number of terminal acetylenes is 1. The van der Waals surface area contributed by atoms with Gasteiger partial charge in [-0.25, -0.2) is 4.79 Å². The van der Waals surface area contributed by atoms with Crippen molar-refractivity contribution in [1.29, 1.82) is 0 Å². The summed E-state index contributed by atoms with van der Waals surface area (Å²) < 4.78 is 1.91. The zero-order valence-corrected chi connectivity index (χ0v) is 11.5.